The number of hydrogen-bond acceptors (Lipinski definition) is 5. The highest BCUT2D eigenvalue weighted by Gasteiger charge is 2.34. The van der Waals surface area contributed by atoms with Crippen LogP contribution in [0.1, 0.15) is 35.0 Å². The van der Waals surface area contributed by atoms with Crippen LogP contribution in [-0.4, -0.2) is 64.6 Å². The van der Waals surface area contributed by atoms with Gasteiger partial charge in [-0.3, -0.25) is 4.57 Å². The summed E-state index contributed by atoms with van der Waals surface area (Å²) < 4.78 is 16.5. The lowest BCUT2D eigenvalue weighted by Crippen LogP contribution is -2.25. The van der Waals surface area contributed by atoms with Gasteiger partial charge in [0.1, 0.15) is 11.8 Å². The Morgan fingerprint density at radius 2 is 1.83 bits per heavy atom. The zero-order valence-electron chi connectivity index (χ0n) is 23.4. The van der Waals surface area contributed by atoms with Gasteiger partial charge in [-0.2, -0.15) is 0 Å². The number of nitrogens with one attached hydrogen (secondary N) is 1. The van der Waals surface area contributed by atoms with Crippen LogP contribution in [0.5, 0.6) is 11.6 Å². The third kappa shape index (κ3) is 5.52. The van der Waals surface area contributed by atoms with E-state index in [-0.39, 0.29) is 11.9 Å². The lowest BCUT2D eigenvalue weighted by molar-refractivity contribution is 0.157. The summed E-state index contributed by atoms with van der Waals surface area (Å²) >= 11 is 15.8. The van der Waals surface area contributed by atoms with Crippen molar-refractivity contribution in [3.63, 3.8) is 0 Å². The maximum absolute atomic E-state index is 11.6. The van der Waals surface area contributed by atoms with Crippen molar-refractivity contribution < 1.29 is 14.6 Å². The number of likely N-dealkylation sites (N-methyl/N-ethyl adjacent to an activating group) is 1. The number of nitrogens with zero attached hydrogens (tertiary/aromatic N) is 3. The maximum Gasteiger partial charge on any atom is 0.218 e. The van der Waals surface area contributed by atoms with Gasteiger partial charge in [-0.15, -0.1) is 0 Å². The summed E-state index contributed by atoms with van der Waals surface area (Å²) in [5, 5.41) is 13.3. The first-order valence-electron chi connectivity index (χ1n) is 13.9. The fourth-order valence-corrected chi connectivity index (χ4v) is 6.61. The molecular weight excluding hydrogens is 636 g/mol. The van der Waals surface area contributed by atoms with E-state index in [9.17, 15) is 5.11 Å². The molecule has 3 heterocycles. The van der Waals surface area contributed by atoms with Crippen molar-refractivity contribution in [1.82, 2.24) is 19.0 Å². The summed E-state index contributed by atoms with van der Waals surface area (Å²) in [5.74, 6) is 0.957. The van der Waals surface area contributed by atoms with Crippen molar-refractivity contribution in [1.29, 1.82) is 0 Å². The van der Waals surface area contributed by atoms with Gasteiger partial charge in [-0.25, -0.2) is 0 Å². The average molecular weight is 668 g/mol. The number of aromatic hydroxyl groups is 1. The van der Waals surface area contributed by atoms with Crippen LogP contribution in [0.4, 0.5) is 0 Å². The highest BCUT2D eigenvalue weighted by molar-refractivity contribution is 9.10. The molecule has 1 aliphatic rings. The molecule has 42 heavy (non-hydrogen) atoms. The summed E-state index contributed by atoms with van der Waals surface area (Å²) in [6.07, 6.45) is 1.47. The van der Waals surface area contributed by atoms with Gasteiger partial charge in [0.2, 0.25) is 5.88 Å². The zero-order valence-corrected chi connectivity index (χ0v) is 26.6. The molecule has 0 aliphatic carbocycles. The molecule has 10 heteroatoms. The molecule has 0 saturated heterocycles. The SMILES string of the molecule is COCCN(C)CCCOc1ccc(C2c3[nH]c4ccc(Br)cc4c3Cc3c(O)n(-c4ccc(Cl)cc4)c(=S)n32)cc1. The van der Waals surface area contributed by atoms with E-state index in [0.29, 0.717) is 22.8 Å². The molecule has 0 radical (unpaired) electrons. The minimum Gasteiger partial charge on any atom is -0.494 e. The van der Waals surface area contributed by atoms with E-state index in [0.717, 1.165) is 75.4 Å². The van der Waals surface area contributed by atoms with E-state index in [4.69, 9.17) is 33.3 Å². The summed E-state index contributed by atoms with van der Waals surface area (Å²) in [6.45, 7) is 3.20. The fourth-order valence-electron chi connectivity index (χ4n) is 5.71. The number of fused-ring (bicyclic) bond motifs is 4. The topological polar surface area (TPSA) is 67.6 Å². The first-order valence-corrected chi connectivity index (χ1v) is 15.4. The summed E-state index contributed by atoms with van der Waals surface area (Å²) in [5.41, 5.74) is 5.83. The van der Waals surface area contributed by atoms with Crippen LogP contribution >= 0.6 is 39.7 Å². The minimum atomic E-state index is -0.259. The van der Waals surface area contributed by atoms with Gasteiger partial charge in [0, 0.05) is 52.7 Å². The second-order valence-corrected chi connectivity index (χ2v) is 12.3. The van der Waals surface area contributed by atoms with Crippen molar-refractivity contribution in [2.24, 2.45) is 0 Å². The summed E-state index contributed by atoms with van der Waals surface area (Å²) in [6, 6.07) is 21.5. The third-order valence-corrected chi connectivity index (χ3v) is 8.97. The number of benzene rings is 3. The molecule has 1 aliphatic heterocycles. The largest absolute Gasteiger partial charge is 0.494 e. The van der Waals surface area contributed by atoms with Crippen LogP contribution in [0, 0.1) is 4.77 Å². The Morgan fingerprint density at radius 3 is 2.57 bits per heavy atom. The Kier molecular flexibility index (Phi) is 8.47. The third-order valence-electron chi connectivity index (χ3n) is 7.85. The highest BCUT2D eigenvalue weighted by Crippen LogP contribution is 2.44. The van der Waals surface area contributed by atoms with Crippen molar-refractivity contribution >= 4 is 50.7 Å². The number of imidazole rings is 1. The van der Waals surface area contributed by atoms with Crippen LogP contribution < -0.4 is 4.74 Å². The number of hydrogen-bond donors (Lipinski definition) is 2. The molecule has 2 aromatic heterocycles. The molecule has 0 saturated carbocycles. The average Bonchev–Trinajstić information content (AvgIpc) is 3.47. The van der Waals surface area contributed by atoms with Crippen LogP contribution in [0.25, 0.3) is 16.6 Å². The normalized spacial score (nSPS) is 14.4. The highest BCUT2D eigenvalue weighted by atomic mass is 79.9. The van der Waals surface area contributed by atoms with Crippen molar-refractivity contribution in [2.75, 3.05) is 40.5 Å². The Bertz CT molecular complexity index is 1780. The van der Waals surface area contributed by atoms with Gasteiger partial charge < -0.3 is 29.0 Å². The molecule has 0 amide bonds. The minimum absolute atomic E-state index is 0.137. The molecular formula is C32H32BrClN4O3S. The Labute approximate surface area is 263 Å². The standard InChI is InChI=1S/C32H32BrClN4O3S/c1-36(15-17-40-2)14-3-16-41-24-11-4-20(5-12-24)30-29-26(25-18-21(33)6-13-27(25)35-29)19-28-31(39)37(32(42)38(28)30)23-9-7-22(34)8-10-23/h4-13,18,30,35,39H,3,14-17,19H2,1-2H3. The van der Waals surface area contributed by atoms with Gasteiger partial charge in [0.25, 0.3) is 0 Å². The van der Waals surface area contributed by atoms with Crippen LogP contribution in [0.2, 0.25) is 5.02 Å². The smallest absolute Gasteiger partial charge is 0.218 e. The second kappa shape index (κ2) is 12.3. The molecule has 0 bridgehead atoms. The lowest BCUT2D eigenvalue weighted by Gasteiger charge is -2.27. The molecule has 6 rings (SSSR count). The quantitative estimate of drug-likeness (QED) is 0.117. The van der Waals surface area contributed by atoms with E-state index >= 15 is 0 Å². The summed E-state index contributed by atoms with van der Waals surface area (Å²) in [4.78, 5) is 5.91. The number of ether oxygens (including phenoxy) is 2. The van der Waals surface area contributed by atoms with Gasteiger partial charge in [0.15, 0.2) is 4.77 Å². The number of aromatic nitrogens is 3. The number of aromatic amines is 1. The predicted octanol–water partition coefficient (Wildman–Crippen LogP) is 7.50. The van der Waals surface area contributed by atoms with E-state index < -0.39 is 0 Å². The zero-order chi connectivity index (χ0) is 29.4. The van der Waals surface area contributed by atoms with Gasteiger partial charge >= 0.3 is 0 Å². The fraction of sp³-hybridized carbons (Fsp3) is 0.281. The number of halogens is 2. The van der Waals surface area contributed by atoms with Crippen molar-refractivity contribution in [3.8, 4) is 17.3 Å². The van der Waals surface area contributed by atoms with E-state index in [1.54, 1.807) is 23.8 Å². The molecule has 1 atom stereocenters. The Hall–Kier alpha value is -3.08. The lowest BCUT2D eigenvalue weighted by atomic mass is 9.93. The van der Waals surface area contributed by atoms with Gasteiger partial charge in [-0.1, -0.05) is 39.7 Å². The molecule has 5 aromatic rings. The molecule has 0 fully saturated rings. The predicted molar refractivity (Wildman–Crippen MR) is 173 cm³/mol. The first kappa shape index (κ1) is 29.0. The van der Waals surface area contributed by atoms with Crippen LogP contribution in [-0.2, 0) is 11.2 Å². The first-order chi connectivity index (χ1) is 20.4. The molecule has 218 valence electrons. The molecule has 3 aromatic carbocycles. The van der Waals surface area contributed by atoms with Crippen molar-refractivity contribution in [2.45, 2.75) is 18.9 Å². The molecule has 1 unspecified atom stereocenters. The van der Waals surface area contributed by atoms with E-state index in [1.165, 1.54) is 0 Å². The molecule has 7 nitrogen and oxygen atoms in total. The number of rotatable bonds is 10. The van der Waals surface area contributed by atoms with Crippen LogP contribution in [0.3, 0.4) is 0 Å². The number of methoxy groups -OCH3 is 1. The molecule has 0 spiro atoms. The Morgan fingerprint density at radius 1 is 1.07 bits per heavy atom. The van der Waals surface area contributed by atoms with Crippen LogP contribution in [0.15, 0.2) is 71.2 Å². The van der Waals surface area contributed by atoms with Gasteiger partial charge in [-0.05, 0) is 91.4 Å². The maximum atomic E-state index is 11.6. The second-order valence-electron chi connectivity index (χ2n) is 10.6. The Balaban J connectivity index is 1.36. The van der Waals surface area contributed by atoms with Gasteiger partial charge in [0.05, 0.1) is 24.6 Å². The number of H-pyrrole nitrogens is 1. The van der Waals surface area contributed by atoms with E-state index in [2.05, 4.69) is 61.7 Å². The molecule has 2 N–H and O–H groups in total. The van der Waals surface area contributed by atoms with E-state index in [1.807, 2.05) is 30.3 Å². The van der Waals surface area contributed by atoms with Crippen molar-refractivity contribution in [3.05, 3.63) is 104 Å². The summed E-state index contributed by atoms with van der Waals surface area (Å²) in [7, 11) is 3.81. The monoisotopic (exact) mass is 666 g/mol.